The second-order valence-electron chi connectivity index (χ2n) is 5.16. The van der Waals surface area contributed by atoms with Gasteiger partial charge in [-0.25, -0.2) is 14.4 Å². The van der Waals surface area contributed by atoms with Gasteiger partial charge in [0.15, 0.2) is 5.82 Å². The van der Waals surface area contributed by atoms with Gasteiger partial charge in [-0.2, -0.15) is 5.26 Å². The normalized spacial score (nSPS) is 10.7. The molecule has 24 heavy (non-hydrogen) atoms. The summed E-state index contributed by atoms with van der Waals surface area (Å²) in [6.07, 6.45) is 6.26. The molecule has 5 nitrogen and oxygen atoms in total. The van der Waals surface area contributed by atoms with Crippen LogP contribution in [0.25, 0.3) is 28.0 Å². The molecule has 0 aliphatic heterocycles. The summed E-state index contributed by atoms with van der Waals surface area (Å²) in [5.74, 6) is 0.0580. The minimum atomic E-state index is -0.389. The van der Waals surface area contributed by atoms with E-state index in [0.29, 0.717) is 28.0 Å². The fourth-order valence-electron chi connectivity index (χ4n) is 2.61. The van der Waals surface area contributed by atoms with Gasteiger partial charge in [-0.05, 0) is 42.0 Å². The Morgan fingerprint density at radius 1 is 1.00 bits per heavy atom. The highest BCUT2D eigenvalue weighted by molar-refractivity contribution is 5.84. The Hall–Kier alpha value is -3.59. The van der Waals surface area contributed by atoms with E-state index in [1.807, 2.05) is 0 Å². The van der Waals surface area contributed by atoms with E-state index in [9.17, 15) is 0 Å². The summed E-state index contributed by atoms with van der Waals surface area (Å²) in [7, 11) is 0. The van der Waals surface area contributed by atoms with Crippen LogP contribution in [0.2, 0.25) is 0 Å². The van der Waals surface area contributed by atoms with Gasteiger partial charge in [-0.1, -0.05) is 0 Å². The van der Waals surface area contributed by atoms with Gasteiger partial charge in [0.1, 0.15) is 17.7 Å². The number of halogens is 1. The van der Waals surface area contributed by atoms with Crippen LogP contribution in [0.1, 0.15) is 5.56 Å². The van der Waals surface area contributed by atoms with Gasteiger partial charge in [-0.3, -0.25) is 9.55 Å². The minimum Gasteiger partial charge on any atom is -0.280 e. The zero-order valence-corrected chi connectivity index (χ0v) is 12.4. The summed E-state index contributed by atoms with van der Waals surface area (Å²) < 4.78 is 16.7. The highest BCUT2D eigenvalue weighted by atomic mass is 19.1. The quantitative estimate of drug-likeness (QED) is 0.568. The zero-order chi connectivity index (χ0) is 16.5. The molecule has 114 valence electrons. The zero-order valence-electron chi connectivity index (χ0n) is 12.4. The first-order chi connectivity index (χ1) is 11.8. The Bertz CT molecular complexity index is 1080. The highest BCUT2D eigenvalue weighted by Crippen LogP contribution is 2.29. The smallest absolute Gasteiger partial charge is 0.157 e. The molecule has 0 radical (unpaired) electrons. The molecule has 0 saturated heterocycles. The number of hydrogen-bond donors (Lipinski definition) is 0. The Morgan fingerprint density at radius 2 is 1.83 bits per heavy atom. The predicted octanol–water partition coefficient (Wildman–Crippen LogP) is 3.49. The second-order valence-corrected chi connectivity index (χ2v) is 5.16. The molecular weight excluding hydrogens is 305 g/mol. The molecule has 4 aromatic rings. The first kappa shape index (κ1) is 14.0. The Balaban J connectivity index is 1.97. The summed E-state index contributed by atoms with van der Waals surface area (Å²) >= 11 is 0. The molecule has 0 unspecified atom stereocenters. The van der Waals surface area contributed by atoms with Crippen LogP contribution in [0.3, 0.4) is 0 Å². The number of imidazole rings is 1. The molecule has 3 heterocycles. The van der Waals surface area contributed by atoms with Crippen LogP contribution >= 0.6 is 0 Å². The molecular formula is C18H10FN5. The van der Waals surface area contributed by atoms with Crippen LogP contribution in [-0.2, 0) is 0 Å². The van der Waals surface area contributed by atoms with Gasteiger partial charge in [0.25, 0.3) is 0 Å². The number of hydrogen-bond acceptors (Lipinski definition) is 4. The van der Waals surface area contributed by atoms with Gasteiger partial charge in [0, 0.05) is 24.2 Å². The Kier molecular flexibility index (Phi) is 3.25. The Morgan fingerprint density at radius 3 is 2.62 bits per heavy atom. The summed E-state index contributed by atoms with van der Waals surface area (Å²) in [5.41, 5.74) is 2.49. The van der Waals surface area contributed by atoms with Crippen molar-refractivity contribution in [2.24, 2.45) is 0 Å². The van der Waals surface area contributed by atoms with Crippen LogP contribution in [0.4, 0.5) is 4.39 Å². The molecule has 4 rings (SSSR count). The second kappa shape index (κ2) is 5.56. The maximum Gasteiger partial charge on any atom is 0.157 e. The molecule has 1 aromatic carbocycles. The van der Waals surface area contributed by atoms with Gasteiger partial charge in [-0.15, -0.1) is 0 Å². The minimum absolute atomic E-state index is 0.326. The van der Waals surface area contributed by atoms with Crippen molar-refractivity contribution >= 4 is 11.0 Å². The fraction of sp³-hybridized carbons (Fsp3) is 0. The van der Waals surface area contributed by atoms with E-state index in [1.165, 1.54) is 12.5 Å². The first-order valence-corrected chi connectivity index (χ1v) is 7.20. The number of pyridine rings is 2. The maximum atomic E-state index is 15.1. The number of nitrogens with zero attached hydrogens (tertiary/aromatic N) is 5. The summed E-state index contributed by atoms with van der Waals surface area (Å²) in [5, 5.41) is 9.04. The molecule has 3 aromatic heterocycles. The van der Waals surface area contributed by atoms with Crippen molar-refractivity contribution in [3.8, 4) is 23.0 Å². The summed E-state index contributed by atoms with van der Waals surface area (Å²) in [4.78, 5) is 12.4. The third kappa shape index (κ3) is 2.20. The van der Waals surface area contributed by atoms with Crippen molar-refractivity contribution in [2.45, 2.75) is 0 Å². The molecule has 0 saturated carbocycles. The predicted molar refractivity (Wildman–Crippen MR) is 86.8 cm³/mol. The maximum absolute atomic E-state index is 15.1. The van der Waals surface area contributed by atoms with E-state index in [4.69, 9.17) is 5.26 Å². The molecule has 0 bridgehead atoms. The van der Waals surface area contributed by atoms with Crippen LogP contribution in [0, 0.1) is 17.1 Å². The van der Waals surface area contributed by atoms with E-state index in [0.717, 1.165) is 5.56 Å². The number of rotatable bonds is 2. The van der Waals surface area contributed by atoms with E-state index in [1.54, 1.807) is 53.4 Å². The molecule has 0 atom stereocenters. The third-order valence-electron chi connectivity index (χ3n) is 3.76. The van der Waals surface area contributed by atoms with Crippen molar-refractivity contribution in [1.82, 2.24) is 19.5 Å². The van der Waals surface area contributed by atoms with E-state index >= 15 is 4.39 Å². The van der Waals surface area contributed by atoms with E-state index < -0.39 is 0 Å². The highest BCUT2D eigenvalue weighted by Gasteiger charge is 2.15. The van der Waals surface area contributed by atoms with Crippen LogP contribution in [0.5, 0.6) is 0 Å². The van der Waals surface area contributed by atoms with Crippen LogP contribution < -0.4 is 0 Å². The monoisotopic (exact) mass is 315 g/mol. The van der Waals surface area contributed by atoms with Crippen molar-refractivity contribution in [3.05, 3.63) is 72.7 Å². The molecule has 0 aliphatic carbocycles. The lowest BCUT2D eigenvalue weighted by molar-refractivity contribution is 0.637. The number of benzene rings is 1. The van der Waals surface area contributed by atoms with Crippen LogP contribution in [0.15, 0.2) is 61.3 Å². The summed E-state index contributed by atoms with van der Waals surface area (Å²) in [6, 6.07) is 12.2. The lowest BCUT2D eigenvalue weighted by atomic mass is 10.1. The molecule has 0 N–H and O–H groups in total. The molecule has 0 spiro atoms. The SMILES string of the molecule is N#Cc1ccnc(-n2cnc3ccc(-c4ccncc4)c(F)c32)c1. The number of nitriles is 1. The molecule has 6 heteroatoms. The molecule has 0 aliphatic rings. The standard InChI is InChI=1S/C18H10FN5/c19-17-14(13-4-6-21-7-5-13)1-2-15-18(17)24(11-23-15)16-9-12(10-20)3-8-22-16/h1-9,11H. The molecule has 0 amide bonds. The lowest BCUT2D eigenvalue weighted by Gasteiger charge is -2.08. The van der Waals surface area contributed by atoms with Crippen molar-refractivity contribution in [3.63, 3.8) is 0 Å². The lowest BCUT2D eigenvalue weighted by Crippen LogP contribution is -1.99. The topological polar surface area (TPSA) is 67.4 Å². The molecule has 0 fully saturated rings. The average Bonchev–Trinajstić information content (AvgIpc) is 3.08. The fourth-order valence-corrected chi connectivity index (χ4v) is 2.61. The Labute approximate surface area is 136 Å². The summed E-state index contributed by atoms with van der Waals surface area (Å²) in [6.45, 7) is 0. The van der Waals surface area contributed by atoms with Gasteiger partial charge in [0.05, 0.1) is 17.1 Å². The average molecular weight is 315 g/mol. The van der Waals surface area contributed by atoms with Crippen molar-refractivity contribution in [2.75, 3.05) is 0 Å². The number of fused-ring (bicyclic) bond motifs is 1. The van der Waals surface area contributed by atoms with Gasteiger partial charge < -0.3 is 0 Å². The van der Waals surface area contributed by atoms with E-state index in [-0.39, 0.29) is 5.82 Å². The van der Waals surface area contributed by atoms with Gasteiger partial charge in [0.2, 0.25) is 0 Å². The number of aromatic nitrogens is 4. The largest absolute Gasteiger partial charge is 0.280 e. The first-order valence-electron chi connectivity index (χ1n) is 7.20. The third-order valence-corrected chi connectivity index (χ3v) is 3.76. The van der Waals surface area contributed by atoms with Crippen molar-refractivity contribution < 1.29 is 4.39 Å². The van der Waals surface area contributed by atoms with Crippen molar-refractivity contribution in [1.29, 1.82) is 5.26 Å². The van der Waals surface area contributed by atoms with Crippen LogP contribution in [-0.4, -0.2) is 19.5 Å². The van der Waals surface area contributed by atoms with Gasteiger partial charge >= 0.3 is 0 Å². The van der Waals surface area contributed by atoms with E-state index in [2.05, 4.69) is 21.0 Å².